The maximum absolute atomic E-state index is 12.4. The summed E-state index contributed by atoms with van der Waals surface area (Å²) in [7, 11) is 1.75. The van der Waals surface area contributed by atoms with Crippen LogP contribution in [-0.4, -0.2) is 13.6 Å². The molecule has 0 aliphatic heterocycles. The van der Waals surface area contributed by atoms with E-state index < -0.39 is 11.7 Å². The number of alkyl halides is 3. The molecule has 1 rings (SSSR count). The first-order valence-corrected chi connectivity index (χ1v) is 4.73. The number of anilines is 1. The third kappa shape index (κ3) is 3.27. The molecule has 2 nitrogen and oxygen atoms in total. The van der Waals surface area contributed by atoms with Crippen LogP contribution in [0.25, 0.3) is 6.08 Å². The number of rotatable bonds is 3. The minimum atomic E-state index is -4.33. The van der Waals surface area contributed by atoms with Crippen LogP contribution in [0.1, 0.15) is 11.1 Å². The van der Waals surface area contributed by atoms with E-state index in [2.05, 4.69) is 5.32 Å². The van der Waals surface area contributed by atoms with Crippen LogP contribution in [0.5, 0.6) is 0 Å². The molecule has 0 saturated carbocycles. The Bertz CT molecular complexity index is 383. The molecule has 0 saturated heterocycles. The molecule has 0 unspecified atom stereocenters. The van der Waals surface area contributed by atoms with E-state index >= 15 is 0 Å². The third-order valence-corrected chi connectivity index (χ3v) is 2.03. The minimum Gasteiger partial charge on any atom is -0.398 e. The van der Waals surface area contributed by atoms with Gasteiger partial charge in [0.2, 0.25) is 0 Å². The fourth-order valence-corrected chi connectivity index (χ4v) is 1.20. The Balaban J connectivity index is 3.00. The largest absolute Gasteiger partial charge is 0.416 e. The van der Waals surface area contributed by atoms with Crippen LogP contribution >= 0.6 is 0 Å². The molecule has 0 aliphatic rings. The van der Waals surface area contributed by atoms with E-state index in [4.69, 9.17) is 5.73 Å². The normalized spacial score (nSPS) is 12.2. The van der Waals surface area contributed by atoms with Crippen molar-refractivity contribution in [2.45, 2.75) is 6.18 Å². The summed E-state index contributed by atoms with van der Waals surface area (Å²) in [5, 5.41) is 2.85. The van der Waals surface area contributed by atoms with Gasteiger partial charge in [-0.15, -0.1) is 0 Å². The average molecular weight is 230 g/mol. The Kier molecular flexibility index (Phi) is 3.95. The van der Waals surface area contributed by atoms with Crippen molar-refractivity contribution >= 4 is 11.8 Å². The van der Waals surface area contributed by atoms with Crippen molar-refractivity contribution in [2.24, 2.45) is 0 Å². The number of hydrogen-bond acceptors (Lipinski definition) is 2. The van der Waals surface area contributed by atoms with Crippen LogP contribution in [0.4, 0.5) is 18.9 Å². The van der Waals surface area contributed by atoms with Gasteiger partial charge in [-0.3, -0.25) is 0 Å². The van der Waals surface area contributed by atoms with E-state index in [-0.39, 0.29) is 0 Å². The standard InChI is InChI=1S/C11H13F3N2/c1-16-6-2-3-8-7-9(11(12,13)14)4-5-10(8)15/h2-5,7,16H,6,15H2,1H3. The van der Waals surface area contributed by atoms with Gasteiger partial charge in [-0.25, -0.2) is 0 Å². The maximum atomic E-state index is 12.4. The highest BCUT2D eigenvalue weighted by molar-refractivity contribution is 5.65. The molecule has 0 radical (unpaired) electrons. The zero-order valence-electron chi connectivity index (χ0n) is 8.81. The lowest BCUT2D eigenvalue weighted by Crippen LogP contribution is -2.06. The van der Waals surface area contributed by atoms with Crippen LogP contribution in [-0.2, 0) is 6.18 Å². The summed E-state index contributed by atoms with van der Waals surface area (Å²) < 4.78 is 37.2. The van der Waals surface area contributed by atoms with Crippen molar-refractivity contribution in [1.82, 2.24) is 5.32 Å². The second kappa shape index (κ2) is 5.03. The van der Waals surface area contributed by atoms with Crippen LogP contribution < -0.4 is 11.1 Å². The summed E-state index contributed by atoms with van der Waals surface area (Å²) in [6, 6.07) is 3.29. The second-order valence-corrected chi connectivity index (χ2v) is 3.30. The highest BCUT2D eigenvalue weighted by atomic mass is 19.4. The van der Waals surface area contributed by atoms with E-state index in [1.807, 2.05) is 0 Å². The lowest BCUT2D eigenvalue weighted by molar-refractivity contribution is -0.137. The fraction of sp³-hybridized carbons (Fsp3) is 0.273. The summed E-state index contributed by atoms with van der Waals surface area (Å²) in [4.78, 5) is 0. The molecular weight excluding hydrogens is 217 g/mol. The van der Waals surface area contributed by atoms with Gasteiger partial charge < -0.3 is 11.1 Å². The van der Waals surface area contributed by atoms with Crippen molar-refractivity contribution in [1.29, 1.82) is 0 Å². The van der Waals surface area contributed by atoms with Crippen molar-refractivity contribution in [2.75, 3.05) is 19.3 Å². The van der Waals surface area contributed by atoms with Gasteiger partial charge in [-0.1, -0.05) is 12.2 Å². The van der Waals surface area contributed by atoms with Crippen LogP contribution in [0.15, 0.2) is 24.3 Å². The molecule has 0 heterocycles. The average Bonchev–Trinajstić information content (AvgIpc) is 2.19. The summed E-state index contributed by atoms with van der Waals surface area (Å²) in [5.41, 5.74) is 5.60. The van der Waals surface area contributed by atoms with Gasteiger partial charge in [0, 0.05) is 12.2 Å². The molecule has 1 aromatic carbocycles. The van der Waals surface area contributed by atoms with Gasteiger partial charge in [-0.05, 0) is 30.8 Å². The van der Waals surface area contributed by atoms with Gasteiger partial charge in [0.15, 0.2) is 0 Å². The second-order valence-electron chi connectivity index (χ2n) is 3.30. The molecule has 88 valence electrons. The Morgan fingerprint density at radius 3 is 2.62 bits per heavy atom. The van der Waals surface area contributed by atoms with E-state index in [1.165, 1.54) is 6.07 Å². The molecule has 0 atom stereocenters. The molecule has 3 N–H and O–H groups in total. The number of halogens is 3. The highest BCUT2D eigenvalue weighted by Crippen LogP contribution is 2.31. The lowest BCUT2D eigenvalue weighted by atomic mass is 10.1. The number of nitrogens with one attached hydrogen (secondary N) is 1. The van der Waals surface area contributed by atoms with E-state index in [0.29, 0.717) is 17.8 Å². The number of likely N-dealkylation sites (N-methyl/N-ethyl adjacent to an activating group) is 1. The third-order valence-electron chi connectivity index (χ3n) is 2.03. The molecule has 0 bridgehead atoms. The minimum absolute atomic E-state index is 0.334. The van der Waals surface area contributed by atoms with E-state index in [9.17, 15) is 13.2 Å². The molecule has 0 fully saturated rings. The molecular formula is C11H13F3N2. The first-order chi connectivity index (χ1) is 7.45. The fourth-order valence-electron chi connectivity index (χ4n) is 1.20. The predicted molar refractivity (Wildman–Crippen MR) is 58.8 cm³/mol. The first-order valence-electron chi connectivity index (χ1n) is 4.73. The summed E-state index contributed by atoms with van der Waals surface area (Å²) in [6.45, 7) is 0.579. The molecule has 0 spiro atoms. The first kappa shape index (κ1) is 12.6. The van der Waals surface area contributed by atoms with Crippen LogP contribution in [0.2, 0.25) is 0 Å². The van der Waals surface area contributed by atoms with Crippen LogP contribution in [0.3, 0.4) is 0 Å². The number of benzene rings is 1. The van der Waals surface area contributed by atoms with Gasteiger partial charge in [0.25, 0.3) is 0 Å². The number of hydrogen-bond donors (Lipinski definition) is 2. The molecule has 0 amide bonds. The van der Waals surface area contributed by atoms with E-state index in [0.717, 1.165) is 12.1 Å². The molecule has 1 aromatic rings. The van der Waals surface area contributed by atoms with Gasteiger partial charge in [0.1, 0.15) is 0 Å². The number of nitrogens with two attached hydrogens (primary N) is 1. The Hall–Kier alpha value is -1.49. The molecule has 5 heteroatoms. The monoisotopic (exact) mass is 230 g/mol. The van der Waals surface area contributed by atoms with Crippen LogP contribution in [0, 0.1) is 0 Å². The highest BCUT2D eigenvalue weighted by Gasteiger charge is 2.30. The van der Waals surface area contributed by atoms with Gasteiger partial charge in [0.05, 0.1) is 5.56 Å². The topological polar surface area (TPSA) is 38.0 Å². The summed E-state index contributed by atoms with van der Waals surface area (Å²) >= 11 is 0. The SMILES string of the molecule is CNCC=Cc1cc(C(F)(F)F)ccc1N. The molecule has 0 aliphatic carbocycles. The van der Waals surface area contributed by atoms with Crippen molar-refractivity contribution < 1.29 is 13.2 Å². The zero-order valence-corrected chi connectivity index (χ0v) is 8.81. The van der Waals surface area contributed by atoms with Crippen molar-refractivity contribution in [3.8, 4) is 0 Å². The predicted octanol–water partition coefficient (Wildman–Crippen LogP) is 2.52. The molecule has 16 heavy (non-hydrogen) atoms. The summed E-state index contributed by atoms with van der Waals surface area (Å²) in [5.74, 6) is 0. The maximum Gasteiger partial charge on any atom is 0.416 e. The summed E-state index contributed by atoms with van der Waals surface area (Å²) in [6.07, 6.45) is -1.05. The van der Waals surface area contributed by atoms with Crippen molar-refractivity contribution in [3.63, 3.8) is 0 Å². The Morgan fingerprint density at radius 2 is 2.06 bits per heavy atom. The molecule has 0 aromatic heterocycles. The van der Waals surface area contributed by atoms with Gasteiger partial charge >= 0.3 is 6.18 Å². The number of nitrogen functional groups attached to an aromatic ring is 1. The van der Waals surface area contributed by atoms with E-state index in [1.54, 1.807) is 19.2 Å². The Morgan fingerprint density at radius 1 is 1.38 bits per heavy atom. The zero-order chi connectivity index (χ0) is 12.2. The quantitative estimate of drug-likeness (QED) is 0.783. The van der Waals surface area contributed by atoms with Crippen molar-refractivity contribution in [3.05, 3.63) is 35.4 Å². The van der Waals surface area contributed by atoms with Gasteiger partial charge in [-0.2, -0.15) is 13.2 Å². The Labute approximate surface area is 92.0 Å². The smallest absolute Gasteiger partial charge is 0.398 e. The lowest BCUT2D eigenvalue weighted by Gasteiger charge is -2.08.